The first-order valence-corrected chi connectivity index (χ1v) is 9.68. The zero-order valence-corrected chi connectivity index (χ0v) is 16.7. The Hall–Kier alpha value is -0.400. The third kappa shape index (κ3) is 5.82. The third-order valence-electron chi connectivity index (χ3n) is 4.99. The van der Waals surface area contributed by atoms with Gasteiger partial charge in [-0.15, -0.1) is 0 Å². The highest BCUT2D eigenvalue weighted by atomic mass is 16.8. The summed E-state index contributed by atoms with van der Waals surface area (Å²) in [7, 11) is 0. The lowest BCUT2D eigenvalue weighted by molar-refractivity contribution is -0.282. The fourth-order valence-corrected chi connectivity index (χ4v) is 3.14. The molecule has 0 aromatic carbocycles. The van der Waals surface area contributed by atoms with Crippen LogP contribution < -0.4 is 0 Å². The molecule has 0 saturated carbocycles. The molecule has 0 aromatic rings. The van der Waals surface area contributed by atoms with E-state index >= 15 is 0 Å². The highest BCUT2D eigenvalue weighted by Gasteiger charge is 2.45. The maximum atomic E-state index is 10.4. The lowest BCUT2D eigenvalue weighted by Gasteiger charge is -2.30. The van der Waals surface area contributed by atoms with Crippen LogP contribution in [0.4, 0.5) is 0 Å². The van der Waals surface area contributed by atoms with Crippen molar-refractivity contribution in [3.8, 4) is 0 Å². The van der Waals surface area contributed by atoms with Crippen LogP contribution in [0.2, 0.25) is 0 Å². The van der Waals surface area contributed by atoms with E-state index in [2.05, 4.69) is 0 Å². The van der Waals surface area contributed by atoms with Gasteiger partial charge in [0.15, 0.2) is 18.9 Å². The summed E-state index contributed by atoms with van der Waals surface area (Å²) in [6.07, 6.45) is -9.02. The predicted molar refractivity (Wildman–Crippen MR) is 94.9 cm³/mol. The minimum atomic E-state index is -1.44. The molecule has 28 heavy (non-hydrogen) atoms. The number of rotatable bonds is 10. The van der Waals surface area contributed by atoms with Crippen LogP contribution in [0, 0.1) is 11.8 Å². The van der Waals surface area contributed by atoms with Gasteiger partial charge in [0.25, 0.3) is 0 Å². The predicted octanol–water partition coefficient (Wildman–Crippen LogP) is -1.44. The highest BCUT2D eigenvalue weighted by Crippen LogP contribution is 2.25. The Bertz CT molecular complexity index is 464. The first-order valence-electron chi connectivity index (χ1n) is 9.68. The summed E-state index contributed by atoms with van der Waals surface area (Å²) in [5.74, 6) is -0.152. The molecular weight excluding hydrogens is 376 g/mol. The van der Waals surface area contributed by atoms with Gasteiger partial charge in [-0.1, -0.05) is 20.8 Å². The molecule has 166 valence electrons. The van der Waals surface area contributed by atoms with Crippen LogP contribution >= 0.6 is 0 Å². The number of hydrogen-bond acceptors (Lipinski definition) is 10. The van der Waals surface area contributed by atoms with Crippen LogP contribution in [0.15, 0.2) is 0 Å². The second-order valence-electron chi connectivity index (χ2n) is 7.89. The van der Waals surface area contributed by atoms with E-state index in [1.807, 2.05) is 20.8 Å². The maximum Gasteiger partial charge on any atom is 0.189 e. The van der Waals surface area contributed by atoms with Gasteiger partial charge in [-0.25, -0.2) is 0 Å². The molecule has 0 aromatic heterocycles. The fraction of sp³-hybridized carbons (Fsp3) is 1.00. The third-order valence-corrected chi connectivity index (χ3v) is 4.99. The van der Waals surface area contributed by atoms with Crippen LogP contribution in [-0.2, 0) is 23.7 Å². The van der Waals surface area contributed by atoms with Crippen molar-refractivity contribution in [3.63, 3.8) is 0 Å². The zero-order chi connectivity index (χ0) is 21.0. The summed E-state index contributed by atoms with van der Waals surface area (Å²) in [4.78, 5) is 0. The van der Waals surface area contributed by atoms with Gasteiger partial charge in [0, 0.05) is 5.92 Å². The molecule has 0 amide bonds. The highest BCUT2D eigenvalue weighted by molar-refractivity contribution is 4.86. The Morgan fingerprint density at radius 1 is 1.00 bits per heavy atom. The van der Waals surface area contributed by atoms with Gasteiger partial charge in [-0.05, 0) is 12.8 Å². The molecular formula is C18H34O10. The summed E-state index contributed by atoms with van der Waals surface area (Å²) in [5.41, 5.74) is 0. The lowest BCUT2D eigenvalue weighted by Crippen LogP contribution is -2.43. The Balaban J connectivity index is 1.83. The van der Waals surface area contributed by atoms with Crippen molar-refractivity contribution < 1.29 is 49.2 Å². The number of aliphatic hydroxyl groups is 5. The summed E-state index contributed by atoms with van der Waals surface area (Å²) < 4.78 is 27.3. The summed E-state index contributed by atoms with van der Waals surface area (Å²) >= 11 is 0. The molecule has 10 heteroatoms. The maximum absolute atomic E-state index is 10.4. The molecule has 0 radical (unpaired) electrons. The topological polar surface area (TPSA) is 147 Å². The normalized spacial score (nSPS) is 39.4. The molecule has 10 nitrogen and oxygen atoms in total. The van der Waals surface area contributed by atoms with Crippen LogP contribution in [0.25, 0.3) is 0 Å². The summed E-state index contributed by atoms with van der Waals surface area (Å²) in [6, 6.07) is 0. The van der Waals surface area contributed by atoms with E-state index in [0.717, 1.165) is 0 Å². The van der Waals surface area contributed by atoms with Crippen molar-refractivity contribution >= 4 is 0 Å². The van der Waals surface area contributed by atoms with E-state index in [1.54, 1.807) is 6.92 Å². The molecule has 2 rings (SSSR count). The number of aliphatic hydroxyl groups excluding tert-OH is 5. The number of ether oxygens (including phenoxy) is 5. The van der Waals surface area contributed by atoms with Gasteiger partial charge in [0.05, 0.1) is 25.9 Å². The zero-order valence-electron chi connectivity index (χ0n) is 16.7. The van der Waals surface area contributed by atoms with Crippen molar-refractivity contribution in [1.29, 1.82) is 0 Å². The average Bonchev–Trinajstić information content (AvgIpc) is 3.09. The second-order valence-corrected chi connectivity index (χ2v) is 7.89. The van der Waals surface area contributed by atoms with Gasteiger partial charge in [0.2, 0.25) is 0 Å². The smallest absolute Gasteiger partial charge is 0.189 e. The van der Waals surface area contributed by atoms with Gasteiger partial charge in [-0.3, -0.25) is 0 Å². The largest absolute Gasteiger partial charge is 0.394 e. The van der Waals surface area contributed by atoms with E-state index in [4.69, 9.17) is 28.8 Å². The SMILES string of the molecule is CC(COC(C(C)C)[C@H](O)OC1OC(CO)C(O)C1O)OC1OCC(C)C1O. The second kappa shape index (κ2) is 10.6. The Morgan fingerprint density at radius 2 is 1.68 bits per heavy atom. The standard InChI is InChI=1S/C18H34O10/c1-8(2)15(16(23)28-18-14(22)13(21)11(5-19)27-18)24-7-10(4)26-17-12(20)9(3)6-25-17/h8-23H,5-7H2,1-4H3/t9?,10?,11?,12?,13?,14?,15?,16-,17?,18?/m1/s1. The van der Waals surface area contributed by atoms with Crippen LogP contribution in [0.5, 0.6) is 0 Å². The summed E-state index contributed by atoms with van der Waals surface area (Å²) in [6.45, 7) is 7.33. The van der Waals surface area contributed by atoms with Crippen molar-refractivity contribution in [2.75, 3.05) is 19.8 Å². The van der Waals surface area contributed by atoms with Gasteiger partial charge >= 0.3 is 0 Å². The minimum absolute atomic E-state index is 0.00677. The number of hydrogen-bond donors (Lipinski definition) is 5. The first-order chi connectivity index (χ1) is 13.1. The van der Waals surface area contributed by atoms with E-state index in [9.17, 15) is 20.4 Å². The molecule has 0 bridgehead atoms. The van der Waals surface area contributed by atoms with Crippen LogP contribution in [0.1, 0.15) is 27.7 Å². The van der Waals surface area contributed by atoms with Crippen molar-refractivity contribution in [2.45, 2.75) is 83.2 Å². The molecule has 2 saturated heterocycles. The van der Waals surface area contributed by atoms with Gasteiger partial charge in [0.1, 0.15) is 30.5 Å². The molecule has 0 aliphatic carbocycles. The van der Waals surface area contributed by atoms with Crippen molar-refractivity contribution in [1.82, 2.24) is 0 Å². The van der Waals surface area contributed by atoms with Crippen molar-refractivity contribution in [2.24, 2.45) is 11.8 Å². The first kappa shape index (κ1) is 23.9. The average molecular weight is 410 g/mol. The molecule has 2 aliphatic heterocycles. The molecule has 2 fully saturated rings. The molecule has 5 N–H and O–H groups in total. The van der Waals surface area contributed by atoms with E-state index < -0.39 is 62.1 Å². The Labute approximate surface area is 164 Å². The monoisotopic (exact) mass is 410 g/mol. The minimum Gasteiger partial charge on any atom is -0.394 e. The van der Waals surface area contributed by atoms with E-state index in [0.29, 0.717) is 6.61 Å². The van der Waals surface area contributed by atoms with E-state index in [-0.39, 0.29) is 18.4 Å². The van der Waals surface area contributed by atoms with Gasteiger partial charge in [-0.2, -0.15) is 0 Å². The fourth-order valence-electron chi connectivity index (χ4n) is 3.14. The lowest BCUT2D eigenvalue weighted by atomic mass is 10.1. The van der Waals surface area contributed by atoms with E-state index in [1.165, 1.54) is 0 Å². The van der Waals surface area contributed by atoms with Crippen molar-refractivity contribution in [3.05, 3.63) is 0 Å². The molecule has 10 atom stereocenters. The van der Waals surface area contributed by atoms with Crippen LogP contribution in [-0.4, -0.2) is 101 Å². The molecule has 2 aliphatic rings. The molecule has 2 heterocycles. The van der Waals surface area contributed by atoms with Crippen LogP contribution in [0.3, 0.4) is 0 Å². The van der Waals surface area contributed by atoms with Gasteiger partial charge < -0.3 is 49.2 Å². The summed E-state index contributed by atoms with van der Waals surface area (Å²) in [5, 5.41) is 49.2. The molecule has 0 spiro atoms. The Morgan fingerprint density at radius 3 is 2.18 bits per heavy atom. The quantitative estimate of drug-likeness (QED) is 0.271. The Kier molecular flexibility index (Phi) is 9.02. The molecule has 9 unspecified atom stereocenters.